The van der Waals surface area contributed by atoms with Crippen LogP contribution in [0.4, 0.5) is 13.2 Å². The average Bonchev–Trinajstić information content (AvgIpc) is 2.40. The lowest BCUT2D eigenvalue weighted by Crippen LogP contribution is -2.21. The molecule has 3 heteroatoms. The highest BCUT2D eigenvalue weighted by molar-refractivity contribution is 4.82. The Labute approximate surface area is 52.1 Å². The van der Waals surface area contributed by atoms with Gasteiger partial charge in [0.1, 0.15) is 0 Å². The molecule has 1 aliphatic carbocycles. The van der Waals surface area contributed by atoms with Crippen LogP contribution in [0, 0.1) is 11.8 Å². The maximum Gasteiger partial charge on any atom is 0.391 e. The zero-order valence-corrected chi connectivity index (χ0v) is 5.20. The van der Waals surface area contributed by atoms with Gasteiger partial charge in [-0.05, 0) is 18.8 Å². The van der Waals surface area contributed by atoms with Crippen LogP contribution in [0.3, 0.4) is 0 Å². The van der Waals surface area contributed by atoms with Crippen LogP contribution in [-0.2, 0) is 0 Å². The lowest BCUT2D eigenvalue weighted by molar-refractivity contribution is -0.174. The zero-order chi connectivity index (χ0) is 7.07. The van der Waals surface area contributed by atoms with Gasteiger partial charge in [0.15, 0.2) is 0 Å². The molecule has 0 spiro atoms. The van der Waals surface area contributed by atoms with Crippen molar-refractivity contribution in [2.24, 2.45) is 11.8 Å². The van der Waals surface area contributed by atoms with Crippen molar-refractivity contribution >= 4 is 0 Å². The number of hydrogen-bond donors (Lipinski definition) is 0. The third-order valence-electron chi connectivity index (χ3n) is 1.85. The van der Waals surface area contributed by atoms with Crippen LogP contribution in [0.2, 0.25) is 0 Å². The Balaban J connectivity index is 2.40. The molecule has 54 valence electrons. The van der Waals surface area contributed by atoms with Crippen molar-refractivity contribution in [2.75, 3.05) is 0 Å². The van der Waals surface area contributed by atoms with E-state index in [1.54, 1.807) is 0 Å². The molecule has 0 saturated heterocycles. The van der Waals surface area contributed by atoms with Crippen LogP contribution in [0.25, 0.3) is 0 Å². The van der Waals surface area contributed by atoms with Crippen molar-refractivity contribution in [3.63, 3.8) is 0 Å². The second kappa shape index (κ2) is 1.89. The van der Waals surface area contributed by atoms with Crippen molar-refractivity contribution in [1.29, 1.82) is 0 Å². The van der Waals surface area contributed by atoms with E-state index in [2.05, 4.69) is 0 Å². The predicted molar refractivity (Wildman–Crippen MR) is 27.9 cm³/mol. The number of hydrogen-bond acceptors (Lipinski definition) is 0. The first kappa shape index (κ1) is 6.90. The van der Waals surface area contributed by atoms with E-state index < -0.39 is 12.1 Å². The van der Waals surface area contributed by atoms with Crippen molar-refractivity contribution in [1.82, 2.24) is 0 Å². The molecule has 1 aliphatic rings. The quantitative estimate of drug-likeness (QED) is 0.522. The molecule has 0 heterocycles. The van der Waals surface area contributed by atoms with Gasteiger partial charge < -0.3 is 0 Å². The molecule has 0 aromatic rings. The molecule has 9 heavy (non-hydrogen) atoms. The highest BCUT2D eigenvalue weighted by Crippen LogP contribution is 2.44. The minimum atomic E-state index is -3.96. The summed E-state index contributed by atoms with van der Waals surface area (Å²) >= 11 is 0. The van der Waals surface area contributed by atoms with Gasteiger partial charge in [0.05, 0.1) is 5.92 Å². The average molecular weight is 138 g/mol. The zero-order valence-electron chi connectivity index (χ0n) is 5.20. The van der Waals surface area contributed by atoms with E-state index in [0.717, 1.165) is 12.8 Å². The molecule has 0 aromatic heterocycles. The Morgan fingerprint density at radius 1 is 1.33 bits per heavy atom. The molecule has 0 radical (unpaired) electrons. The van der Waals surface area contributed by atoms with E-state index in [1.807, 2.05) is 0 Å². The van der Waals surface area contributed by atoms with Crippen molar-refractivity contribution in [2.45, 2.75) is 25.9 Å². The van der Waals surface area contributed by atoms with Gasteiger partial charge in [-0.15, -0.1) is 0 Å². The summed E-state index contributed by atoms with van der Waals surface area (Å²) in [4.78, 5) is 0. The van der Waals surface area contributed by atoms with Gasteiger partial charge in [0.25, 0.3) is 0 Å². The summed E-state index contributed by atoms with van der Waals surface area (Å²) in [5.74, 6) is -1.14. The molecule has 0 nitrogen and oxygen atoms in total. The number of halogens is 3. The Hall–Kier alpha value is -0.210. The van der Waals surface area contributed by atoms with Crippen molar-refractivity contribution in [3.8, 4) is 0 Å². The fourth-order valence-electron chi connectivity index (χ4n) is 0.863. The standard InChI is InChI=1S/C6H9F3/c1-4(5-2-3-5)6(7,8)9/h4-5H,2-3H2,1H3. The van der Waals surface area contributed by atoms with Crippen LogP contribution in [0.15, 0.2) is 0 Å². The summed E-state index contributed by atoms with van der Waals surface area (Å²) in [7, 11) is 0. The SMILES string of the molecule is CC(C1CC1)C(F)(F)F. The molecule has 1 fully saturated rings. The van der Waals surface area contributed by atoms with Gasteiger partial charge >= 0.3 is 6.18 Å². The van der Waals surface area contributed by atoms with E-state index in [9.17, 15) is 13.2 Å². The second-order valence-electron chi connectivity index (χ2n) is 2.67. The third-order valence-corrected chi connectivity index (χ3v) is 1.85. The fraction of sp³-hybridized carbons (Fsp3) is 1.00. The summed E-state index contributed by atoms with van der Waals surface area (Å²) < 4.78 is 35.2. The topological polar surface area (TPSA) is 0 Å². The largest absolute Gasteiger partial charge is 0.391 e. The van der Waals surface area contributed by atoms with E-state index in [4.69, 9.17) is 0 Å². The maximum absolute atomic E-state index is 11.7. The highest BCUT2D eigenvalue weighted by atomic mass is 19.4. The van der Waals surface area contributed by atoms with Crippen molar-refractivity contribution < 1.29 is 13.2 Å². The van der Waals surface area contributed by atoms with E-state index in [-0.39, 0.29) is 5.92 Å². The molecular weight excluding hydrogens is 129 g/mol. The first-order chi connectivity index (χ1) is 4.02. The summed E-state index contributed by atoms with van der Waals surface area (Å²) in [6, 6.07) is 0. The van der Waals surface area contributed by atoms with Crippen LogP contribution >= 0.6 is 0 Å². The third kappa shape index (κ3) is 1.60. The summed E-state index contributed by atoms with van der Waals surface area (Å²) in [5.41, 5.74) is 0. The van der Waals surface area contributed by atoms with Crippen molar-refractivity contribution in [3.05, 3.63) is 0 Å². The van der Waals surface area contributed by atoms with Crippen LogP contribution < -0.4 is 0 Å². The lowest BCUT2D eigenvalue weighted by Gasteiger charge is -2.13. The Morgan fingerprint density at radius 2 is 1.78 bits per heavy atom. The minimum absolute atomic E-state index is 0.0648. The monoisotopic (exact) mass is 138 g/mol. The smallest absolute Gasteiger partial charge is 0.171 e. The van der Waals surface area contributed by atoms with E-state index in [1.165, 1.54) is 6.92 Å². The summed E-state index contributed by atoms with van der Waals surface area (Å²) in [5, 5.41) is 0. The van der Waals surface area contributed by atoms with Gasteiger partial charge in [-0.3, -0.25) is 0 Å². The molecule has 1 rings (SSSR count). The van der Waals surface area contributed by atoms with Gasteiger partial charge in [0.2, 0.25) is 0 Å². The Bertz CT molecular complexity index is 101. The Morgan fingerprint density at radius 3 is 1.89 bits per heavy atom. The van der Waals surface area contributed by atoms with Crippen LogP contribution in [0.1, 0.15) is 19.8 Å². The van der Waals surface area contributed by atoms with Crippen LogP contribution in [0.5, 0.6) is 0 Å². The van der Waals surface area contributed by atoms with Gasteiger partial charge in [0, 0.05) is 0 Å². The number of alkyl halides is 3. The maximum atomic E-state index is 11.7. The Kier molecular flexibility index (Phi) is 1.45. The molecule has 1 unspecified atom stereocenters. The summed E-state index contributed by atoms with van der Waals surface area (Å²) in [6.45, 7) is 1.26. The van der Waals surface area contributed by atoms with Gasteiger partial charge in [-0.25, -0.2) is 0 Å². The highest BCUT2D eigenvalue weighted by Gasteiger charge is 2.45. The molecule has 0 aliphatic heterocycles. The molecular formula is C6H9F3. The molecule has 0 bridgehead atoms. The molecule has 0 N–H and O–H groups in total. The fourth-order valence-corrected chi connectivity index (χ4v) is 0.863. The molecule has 1 atom stereocenters. The van der Waals surface area contributed by atoms with E-state index in [0.29, 0.717) is 0 Å². The van der Waals surface area contributed by atoms with E-state index >= 15 is 0 Å². The molecule has 0 aromatic carbocycles. The molecule has 0 amide bonds. The second-order valence-corrected chi connectivity index (χ2v) is 2.67. The first-order valence-electron chi connectivity index (χ1n) is 3.08. The molecule has 1 saturated carbocycles. The number of rotatable bonds is 1. The van der Waals surface area contributed by atoms with Crippen LogP contribution in [-0.4, -0.2) is 6.18 Å². The summed E-state index contributed by atoms with van der Waals surface area (Å²) in [6.07, 6.45) is -2.43. The normalized spacial score (nSPS) is 24.0. The van der Waals surface area contributed by atoms with Gasteiger partial charge in [-0.1, -0.05) is 6.92 Å². The minimum Gasteiger partial charge on any atom is -0.171 e. The van der Waals surface area contributed by atoms with Gasteiger partial charge in [-0.2, -0.15) is 13.2 Å². The lowest BCUT2D eigenvalue weighted by atomic mass is 10.1. The first-order valence-corrected chi connectivity index (χ1v) is 3.08. The predicted octanol–water partition coefficient (Wildman–Crippen LogP) is 2.59.